The van der Waals surface area contributed by atoms with Crippen LogP contribution in [0, 0.1) is 0 Å². The molecule has 2 rings (SSSR count). The highest BCUT2D eigenvalue weighted by Crippen LogP contribution is 2.21. The van der Waals surface area contributed by atoms with E-state index in [9.17, 15) is 4.79 Å². The van der Waals surface area contributed by atoms with Crippen LogP contribution in [0.15, 0.2) is 51.5 Å². The number of fused-ring (bicyclic) bond motifs is 1. The molecule has 2 aromatic rings. The highest BCUT2D eigenvalue weighted by atomic mass is 35.5. The van der Waals surface area contributed by atoms with E-state index in [1.54, 1.807) is 17.5 Å². The van der Waals surface area contributed by atoms with E-state index in [2.05, 4.69) is 18.3 Å². The van der Waals surface area contributed by atoms with Crippen molar-refractivity contribution in [2.75, 3.05) is 0 Å². The number of hydrogen-bond acceptors (Lipinski definition) is 3. The van der Waals surface area contributed by atoms with Crippen LogP contribution in [0.2, 0.25) is 5.15 Å². The highest BCUT2D eigenvalue weighted by molar-refractivity contribution is 7.09. The number of hydrogen-bond donors (Lipinski definition) is 0. The molecule has 0 bridgehead atoms. The molecule has 0 unspecified atom stereocenters. The Morgan fingerprint density at radius 2 is 2.05 bits per heavy atom. The van der Waals surface area contributed by atoms with Gasteiger partial charge in [-0.25, -0.2) is 4.68 Å². The Morgan fingerprint density at radius 1 is 1.37 bits per heavy atom. The minimum absolute atomic E-state index is 0.181. The second-order valence-corrected chi connectivity index (χ2v) is 5.48. The summed E-state index contributed by atoms with van der Waals surface area (Å²) in [4.78, 5) is 12.2. The lowest BCUT2D eigenvalue weighted by molar-refractivity contribution is 0.648. The van der Waals surface area contributed by atoms with E-state index in [1.807, 2.05) is 5.38 Å². The third kappa shape index (κ3) is 3.15. The fourth-order valence-electron chi connectivity index (χ4n) is 1.53. The summed E-state index contributed by atoms with van der Waals surface area (Å²) < 4.78 is 1.29. The molecule has 19 heavy (non-hydrogen) atoms. The first kappa shape index (κ1) is 14.1. The van der Waals surface area contributed by atoms with Crippen LogP contribution in [-0.4, -0.2) is 9.78 Å². The molecule has 0 radical (unpaired) electrons. The van der Waals surface area contributed by atoms with Crippen LogP contribution in [0.5, 0.6) is 0 Å². The average molecular weight is 313 g/mol. The van der Waals surface area contributed by atoms with Crippen LogP contribution in [0.3, 0.4) is 0 Å². The third-order valence-corrected chi connectivity index (χ3v) is 3.56. The first-order valence-electron chi connectivity index (χ1n) is 5.32. The van der Waals surface area contributed by atoms with Gasteiger partial charge in [0.2, 0.25) is 0 Å². The van der Waals surface area contributed by atoms with Crippen LogP contribution < -0.4 is 5.56 Å². The number of thiophene rings is 1. The molecular weight excluding hydrogens is 303 g/mol. The molecule has 2 heterocycles. The maximum atomic E-state index is 12.2. The fraction of sp³-hybridized carbons (Fsp3) is 0.0769. The summed E-state index contributed by atoms with van der Waals surface area (Å²) in [5.74, 6) is 0. The van der Waals surface area contributed by atoms with Gasteiger partial charge in [0.05, 0.1) is 11.9 Å². The predicted octanol–water partition coefficient (Wildman–Crippen LogP) is 3.98. The zero-order valence-corrected chi connectivity index (χ0v) is 12.2. The summed E-state index contributed by atoms with van der Waals surface area (Å²) in [6.07, 6.45) is 3.30. The monoisotopic (exact) mass is 312 g/mol. The number of aromatic nitrogens is 2. The largest absolute Gasteiger partial charge is 0.275 e. The quantitative estimate of drug-likeness (QED) is 0.800. The van der Waals surface area contributed by atoms with E-state index in [1.165, 1.54) is 16.0 Å². The van der Waals surface area contributed by atoms with Crippen molar-refractivity contribution in [2.45, 2.75) is 6.54 Å². The standard InChI is InChI=1S/C13H10Cl2N2OS/c1-8(3-4-9(2)14)5-17-13(18)11-7-19-6-10(11)12(15)16-17/h3-4,6-7H,1-2,5H2/b4-3-. The molecule has 0 saturated heterocycles. The lowest BCUT2D eigenvalue weighted by Gasteiger charge is -2.05. The maximum absolute atomic E-state index is 12.2. The van der Waals surface area contributed by atoms with Gasteiger partial charge in [-0.05, 0) is 11.6 Å². The van der Waals surface area contributed by atoms with Crippen molar-refractivity contribution in [3.05, 3.63) is 62.2 Å². The molecular formula is C13H10Cl2N2OS. The molecule has 0 atom stereocenters. The lowest BCUT2D eigenvalue weighted by Crippen LogP contribution is -2.23. The topological polar surface area (TPSA) is 34.9 Å². The van der Waals surface area contributed by atoms with Gasteiger partial charge in [-0.1, -0.05) is 42.4 Å². The van der Waals surface area contributed by atoms with Crippen molar-refractivity contribution in [2.24, 2.45) is 0 Å². The summed E-state index contributed by atoms with van der Waals surface area (Å²) in [6.45, 7) is 7.62. The van der Waals surface area contributed by atoms with Gasteiger partial charge in [-0.3, -0.25) is 4.79 Å². The van der Waals surface area contributed by atoms with E-state index in [0.29, 0.717) is 26.5 Å². The summed E-state index contributed by atoms with van der Waals surface area (Å²) in [7, 11) is 0. The van der Waals surface area contributed by atoms with Crippen molar-refractivity contribution in [1.82, 2.24) is 9.78 Å². The van der Waals surface area contributed by atoms with Gasteiger partial charge in [-0.2, -0.15) is 16.4 Å². The van der Waals surface area contributed by atoms with Gasteiger partial charge in [0.25, 0.3) is 5.56 Å². The van der Waals surface area contributed by atoms with E-state index in [-0.39, 0.29) is 12.1 Å². The Balaban J connectivity index is 2.36. The van der Waals surface area contributed by atoms with E-state index in [0.717, 1.165) is 0 Å². The first-order chi connectivity index (χ1) is 8.99. The zero-order valence-electron chi connectivity index (χ0n) is 9.90. The number of allylic oxidation sites excluding steroid dienone is 4. The summed E-state index contributed by atoms with van der Waals surface area (Å²) in [5, 5.41) is 9.61. The highest BCUT2D eigenvalue weighted by Gasteiger charge is 2.09. The van der Waals surface area contributed by atoms with Crippen LogP contribution in [-0.2, 0) is 6.54 Å². The van der Waals surface area contributed by atoms with E-state index < -0.39 is 0 Å². The van der Waals surface area contributed by atoms with Crippen LogP contribution in [0.1, 0.15) is 0 Å². The molecule has 2 aromatic heterocycles. The first-order valence-corrected chi connectivity index (χ1v) is 7.01. The SMILES string of the molecule is C=C(Cl)/C=C\C(=C)Cn1nc(Cl)c2cscc2c1=O. The second-order valence-electron chi connectivity index (χ2n) is 3.89. The molecule has 98 valence electrons. The zero-order chi connectivity index (χ0) is 14.0. The summed E-state index contributed by atoms with van der Waals surface area (Å²) >= 11 is 13.1. The fourth-order valence-corrected chi connectivity index (χ4v) is 2.71. The van der Waals surface area contributed by atoms with Crippen molar-refractivity contribution < 1.29 is 0 Å². The van der Waals surface area contributed by atoms with Crippen LogP contribution in [0.25, 0.3) is 10.8 Å². The Morgan fingerprint density at radius 3 is 2.74 bits per heavy atom. The number of nitrogens with zero attached hydrogens (tertiary/aromatic N) is 2. The molecule has 6 heteroatoms. The third-order valence-electron chi connectivity index (χ3n) is 2.41. The maximum Gasteiger partial charge on any atom is 0.275 e. The van der Waals surface area contributed by atoms with Gasteiger partial charge >= 0.3 is 0 Å². The lowest BCUT2D eigenvalue weighted by atomic mass is 10.2. The predicted molar refractivity (Wildman–Crippen MR) is 82.2 cm³/mol. The second kappa shape index (κ2) is 5.74. The van der Waals surface area contributed by atoms with Gasteiger partial charge in [0.1, 0.15) is 0 Å². The van der Waals surface area contributed by atoms with E-state index >= 15 is 0 Å². The molecule has 0 aliphatic rings. The number of rotatable bonds is 4. The summed E-state index contributed by atoms with van der Waals surface area (Å²) in [6, 6.07) is 0. The normalized spacial score (nSPS) is 11.3. The van der Waals surface area contributed by atoms with Crippen molar-refractivity contribution >= 4 is 45.3 Å². The van der Waals surface area contributed by atoms with Crippen LogP contribution >= 0.6 is 34.5 Å². The van der Waals surface area contributed by atoms with Gasteiger partial charge in [0.15, 0.2) is 5.15 Å². The molecule has 0 aliphatic heterocycles. The Bertz CT molecular complexity index is 743. The molecule has 0 spiro atoms. The Hall–Kier alpha value is -1.36. The van der Waals surface area contributed by atoms with Gasteiger partial charge in [-0.15, -0.1) is 0 Å². The number of halogens is 2. The Labute approximate surface area is 124 Å². The minimum atomic E-state index is -0.181. The van der Waals surface area contributed by atoms with Crippen molar-refractivity contribution in [3.8, 4) is 0 Å². The van der Waals surface area contributed by atoms with Gasteiger partial charge in [0, 0.05) is 21.2 Å². The molecule has 0 amide bonds. The molecule has 0 aromatic carbocycles. The minimum Gasteiger partial charge on any atom is -0.267 e. The average Bonchev–Trinajstić information content (AvgIpc) is 2.83. The molecule has 0 fully saturated rings. The molecule has 0 N–H and O–H groups in total. The molecule has 0 saturated carbocycles. The summed E-state index contributed by atoms with van der Waals surface area (Å²) in [5.41, 5.74) is 0.502. The molecule has 3 nitrogen and oxygen atoms in total. The Kier molecular flexibility index (Phi) is 4.24. The molecule has 0 aliphatic carbocycles. The van der Waals surface area contributed by atoms with Gasteiger partial charge < -0.3 is 0 Å². The smallest absolute Gasteiger partial charge is 0.267 e. The van der Waals surface area contributed by atoms with Crippen LogP contribution in [0.4, 0.5) is 0 Å². The van der Waals surface area contributed by atoms with E-state index in [4.69, 9.17) is 23.2 Å². The van der Waals surface area contributed by atoms with Crippen molar-refractivity contribution in [3.63, 3.8) is 0 Å². The van der Waals surface area contributed by atoms with Crippen molar-refractivity contribution in [1.29, 1.82) is 0 Å².